The van der Waals surface area contributed by atoms with Crippen molar-refractivity contribution in [2.45, 2.75) is 12.5 Å². The monoisotopic (exact) mass is 344 g/mol. The van der Waals surface area contributed by atoms with Gasteiger partial charge in [-0.25, -0.2) is 0 Å². The number of carbonyl (C=O) groups excluding carboxylic acids is 2. The molecule has 24 heavy (non-hydrogen) atoms. The Morgan fingerprint density at radius 1 is 1.21 bits per heavy atom. The van der Waals surface area contributed by atoms with Crippen LogP contribution in [0.2, 0.25) is 5.02 Å². The maximum atomic E-state index is 12.4. The van der Waals surface area contributed by atoms with Gasteiger partial charge in [0, 0.05) is 24.2 Å². The number of ether oxygens (including phenoxy) is 1. The van der Waals surface area contributed by atoms with Crippen LogP contribution in [0.15, 0.2) is 48.5 Å². The van der Waals surface area contributed by atoms with E-state index in [1.54, 1.807) is 31.3 Å². The summed E-state index contributed by atoms with van der Waals surface area (Å²) in [6.45, 7) is -0.0440. The summed E-state index contributed by atoms with van der Waals surface area (Å²) in [6, 6.07) is 14.4. The number of benzene rings is 2. The molecule has 1 aliphatic heterocycles. The van der Waals surface area contributed by atoms with Crippen molar-refractivity contribution in [2.24, 2.45) is 0 Å². The van der Waals surface area contributed by atoms with Gasteiger partial charge in [0.25, 0.3) is 5.91 Å². The van der Waals surface area contributed by atoms with Gasteiger partial charge < -0.3 is 15.0 Å². The third kappa shape index (κ3) is 3.68. The summed E-state index contributed by atoms with van der Waals surface area (Å²) in [6.07, 6.45) is -0.0475. The van der Waals surface area contributed by atoms with E-state index in [-0.39, 0.29) is 18.4 Å². The summed E-state index contributed by atoms with van der Waals surface area (Å²) < 4.78 is 5.67. The number of amides is 2. The first-order valence-electron chi connectivity index (χ1n) is 7.58. The van der Waals surface area contributed by atoms with Gasteiger partial charge in [-0.2, -0.15) is 0 Å². The Balaban J connectivity index is 1.55. The molecule has 6 heteroatoms. The second-order valence-electron chi connectivity index (χ2n) is 5.67. The van der Waals surface area contributed by atoms with Gasteiger partial charge in [-0.05, 0) is 35.9 Å². The molecule has 3 rings (SSSR count). The quantitative estimate of drug-likeness (QED) is 0.927. The molecule has 2 amide bonds. The first-order chi connectivity index (χ1) is 11.5. The van der Waals surface area contributed by atoms with Crippen LogP contribution in [0.25, 0.3) is 0 Å². The van der Waals surface area contributed by atoms with Crippen molar-refractivity contribution in [1.82, 2.24) is 4.90 Å². The molecule has 1 aliphatic rings. The first kappa shape index (κ1) is 16.3. The van der Waals surface area contributed by atoms with Crippen molar-refractivity contribution >= 4 is 29.1 Å². The molecule has 1 N–H and O–H groups in total. The standard InChI is InChI=1S/C18H17ClN2O3/c1-21(11-17(22)20-14-8-6-13(19)7-9-14)18(23)16-10-12-4-2-3-5-15(12)24-16/h2-9,16H,10-11H2,1H3,(H,20,22)/t16-/m0/s1. The average Bonchev–Trinajstić information content (AvgIpc) is 3.00. The maximum absolute atomic E-state index is 12.4. The molecule has 0 radical (unpaired) electrons. The van der Waals surface area contributed by atoms with Crippen LogP contribution in [0.4, 0.5) is 5.69 Å². The highest BCUT2D eigenvalue weighted by Crippen LogP contribution is 2.28. The smallest absolute Gasteiger partial charge is 0.264 e. The Hall–Kier alpha value is -2.53. The molecule has 5 nitrogen and oxygen atoms in total. The predicted molar refractivity (Wildman–Crippen MR) is 92.3 cm³/mol. The molecule has 2 aromatic carbocycles. The van der Waals surface area contributed by atoms with Crippen LogP contribution in [0.1, 0.15) is 5.56 Å². The van der Waals surface area contributed by atoms with Crippen LogP contribution in [0.3, 0.4) is 0 Å². The molecule has 1 atom stereocenters. The van der Waals surface area contributed by atoms with E-state index in [1.165, 1.54) is 4.90 Å². The van der Waals surface area contributed by atoms with Gasteiger partial charge in [0.2, 0.25) is 5.91 Å². The molecular formula is C18H17ClN2O3. The summed E-state index contributed by atoms with van der Waals surface area (Å²) in [4.78, 5) is 25.9. The van der Waals surface area contributed by atoms with Crippen molar-refractivity contribution in [3.63, 3.8) is 0 Å². The topological polar surface area (TPSA) is 58.6 Å². The summed E-state index contributed by atoms with van der Waals surface area (Å²) in [7, 11) is 1.59. The van der Waals surface area contributed by atoms with E-state index in [0.29, 0.717) is 17.1 Å². The summed E-state index contributed by atoms with van der Waals surface area (Å²) in [5, 5.41) is 3.33. The third-order valence-corrected chi connectivity index (χ3v) is 4.06. The fourth-order valence-corrected chi connectivity index (χ4v) is 2.72. The average molecular weight is 345 g/mol. The second kappa shape index (κ2) is 6.93. The summed E-state index contributed by atoms with van der Waals surface area (Å²) in [5.41, 5.74) is 1.64. The number of para-hydroxylation sites is 1. The molecule has 0 aliphatic carbocycles. The van der Waals surface area contributed by atoms with Gasteiger partial charge in [0.05, 0.1) is 6.54 Å². The lowest BCUT2D eigenvalue weighted by atomic mass is 10.1. The molecule has 0 unspecified atom stereocenters. The molecule has 0 bridgehead atoms. The lowest BCUT2D eigenvalue weighted by Crippen LogP contribution is -2.42. The van der Waals surface area contributed by atoms with E-state index in [1.807, 2.05) is 24.3 Å². The minimum Gasteiger partial charge on any atom is -0.480 e. The Bertz CT molecular complexity index is 736. The van der Waals surface area contributed by atoms with Crippen LogP contribution in [0.5, 0.6) is 5.75 Å². The summed E-state index contributed by atoms with van der Waals surface area (Å²) >= 11 is 5.81. The van der Waals surface area contributed by atoms with Gasteiger partial charge in [0.15, 0.2) is 6.10 Å². The molecule has 124 valence electrons. The number of rotatable bonds is 4. The molecule has 0 spiro atoms. The highest BCUT2D eigenvalue weighted by atomic mass is 35.5. The number of carbonyl (C=O) groups is 2. The van der Waals surface area contributed by atoms with E-state index in [2.05, 4.69) is 5.32 Å². The van der Waals surface area contributed by atoms with Crippen molar-refractivity contribution in [1.29, 1.82) is 0 Å². The first-order valence-corrected chi connectivity index (χ1v) is 7.95. The molecule has 0 saturated heterocycles. The SMILES string of the molecule is CN(CC(=O)Nc1ccc(Cl)cc1)C(=O)[C@@H]1Cc2ccccc2O1. The minimum absolute atomic E-state index is 0.0440. The van der Waals surface area contributed by atoms with Gasteiger partial charge in [0.1, 0.15) is 5.75 Å². The van der Waals surface area contributed by atoms with E-state index < -0.39 is 6.10 Å². The van der Waals surface area contributed by atoms with Crippen molar-refractivity contribution in [2.75, 3.05) is 18.9 Å². The normalized spacial score (nSPS) is 15.3. The highest BCUT2D eigenvalue weighted by Gasteiger charge is 2.31. The number of nitrogens with one attached hydrogen (secondary N) is 1. The zero-order valence-corrected chi connectivity index (χ0v) is 13.9. The zero-order chi connectivity index (χ0) is 17.1. The van der Waals surface area contributed by atoms with Crippen LogP contribution in [-0.2, 0) is 16.0 Å². The molecule has 0 saturated carbocycles. The highest BCUT2D eigenvalue weighted by molar-refractivity contribution is 6.30. The van der Waals surface area contributed by atoms with E-state index in [9.17, 15) is 9.59 Å². The van der Waals surface area contributed by atoms with E-state index >= 15 is 0 Å². The van der Waals surface area contributed by atoms with Crippen molar-refractivity contribution in [3.8, 4) is 5.75 Å². The van der Waals surface area contributed by atoms with Crippen molar-refractivity contribution in [3.05, 3.63) is 59.1 Å². The Morgan fingerprint density at radius 2 is 1.92 bits per heavy atom. The molecule has 0 fully saturated rings. The lowest BCUT2D eigenvalue weighted by molar-refractivity contribution is -0.139. The van der Waals surface area contributed by atoms with Gasteiger partial charge in [-0.15, -0.1) is 0 Å². The number of halogens is 1. The largest absolute Gasteiger partial charge is 0.480 e. The molecule has 0 aromatic heterocycles. The maximum Gasteiger partial charge on any atom is 0.264 e. The van der Waals surface area contributed by atoms with E-state index in [0.717, 1.165) is 11.3 Å². The third-order valence-electron chi connectivity index (χ3n) is 3.81. The Morgan fingerprint density at radius 3 is 2.62 bits per heavy atom. The van der Waals surface area contributed by atoms with Gasteiger partial charge in [-0.3, -0.25) is 9.59 Å². The van der Waals surface area contributed by atoms with E-state index in [4.69, 9.17) is 16.3 Å². The van der Waals surface area contributed by atoms with Gasteiger partial charge in [-0.1, -0.05) is 29.8 Å². The van der Waals surface area contributed by atoms with Crippen LogP contribution < -0.4 is 10.1 Å². The Kier molecular flexibility index (Phi) is 4.71. The predicted octanol–water partition coefficient (Wildman–Crippen LogP) is 2.74. The lowest BCUT2D eigenvalue weighted by Gasteiger charge is -2.20. The molecule has 2 aromatic rings. The Labute approximate surface area is 145 Å². The fourth-order valence-electron chi connectivity index (χ4n) is 2.59. The fraction of sp³-hybridized carbons (Fsp3) is 0.222. The number of anilines is 1. The number of likely N-dealkylation sites (N-methyl/N-ethyl adjacent to an activating group) is 1. The van der Waals surface area contributed by atoms with Gasteiger partial charge >= 0.3 is 0 Å². The molecular weight excluding hydrogens is 328 g/mol. The van der Waals surface area contributed by atoms with Crippen LogP contribution >= 0.6 is 11.6 Å². The zero-order valence-electron chi connectivity index (χ0n) is 13.2. The number of hydrogen-bond acceptors (Lipinski definition) is 3. The number of nitrogens with zero attached hydrogens (tertiary/aromatic N) is 1. The second-order valence-corrected chi connectivity index (χ2v) is 6.10. The van der Waals surface area contributed by atoms with Crippen LogP contribution in [-0.4, -0.2) is 36.4 Å². The number of hydrogen-bond donors (Lipinski definition) is 1. The number of fused-ring (bicyclic) bond motifs is 1. The minimum atomic E-state index is -0.573. The van der Waals surface area contributed by atoms with Crippen LogP contribution in [0, 0.1) is 0 Å². The van der Waals surface area contributed by atoms with Crippen molar-refractivity contribution < 1.29 is 14.3 Å². The molecule has 1 heterocycles. The summed E-state index contributed by atoms with van der Waals surface area (Å²) in [5.74, 6) is 0.246.